The summed E-state index contributed by atoms with van der Waals surface area (Å²) in [5.41, 5.74) is 4.11. The Hall–Kier alpha value is -2.83. The Bertz CT molecular complexity index is 1160. The maximum Gasteiger partial charge on any atom is 0.261 e. The lowest BCUT2D eigenvalue weighted by atomic mass is 10.1. The average molecular weight is 457 g/mol. The predicted molar refractivity (Wildman–Crippen MR) is 126 cm³/mol. The number of amides is 1. The maximum atomic E-state index is 12.7. The van der Waals surface area contributed by atoms with E-state index in [1.165, 1.54) is 17.7 Å². The van der Waals surface area contributed by atoms with Crippen LogP contribution in [-0.4, -0.2) is 14.3 Å². The molecule has 0 radical (unpaired) electrons. The van der Waals surface area contributed by atoms with E-state index in [2.05, 4.69) is 29.1 Å². The van der Waals surface area contributed by atoms with Gasteiger partial charge >= 0.3 is 0 Å². The minimum Gasteiger partial charge on any atom is -0.326 e. The van der Waals surface area contributed by atoms with E-state index in [-0.39, 0.29) is 10.8 Å². The van der Waals surface area contributed by atoms with E-state index in [4.69, 9.17) is 11.6 Å². The van der Waals surface area contributed by atoms with Gasteiger partial charge in [0.1, 0.15) is 0 Å². The molecule has 0 aliphatic carbocycles. The number of carbonyl (C=O) groups excluding carboxylic acids is 1. The second-order valence-corrected chi connectivity index (χ2v) is 9.43. The topological polar surface area (TPSA) is 75.3 Å². The largest absolute Gasteiger partial charge is 0.326 e. The molecule has 2 N–H and O–H groups in total. The maximum absolute atomic E-state index is 12.7. The first-order valence-electron chi connectivity index (χ1n) is 10.0. The van der Waals surface area contributed by atoms with Gasteiger partial charge in [0.05, 0.1) is 10.6 Å². The summed E-state index contributed by atoms with van der Waals surface area (Å²) < 4.78 is 27.9. The van der Waals surface area contributed by atoms with Crippen molar-refractivity contribution >= 4 is 38.9 Å². The van der Waals surface area contributed by atoms with Crippen molar-refractivity contribution in [3.05, 3.63) is 88.4 Å². The minimum absolute atomic E-state index is 0.0980. The van der Waals surface area contributed by atoms with Gasteiger partial charge in [-0.15, -0.1) is 0 Å². The molecule has 3 aromatic carbocycles. The highest BCUT2D eigenvalue weighted by molar-refractivity contribution is 7.92. The van der Waals surface area contributed by atoms with Crippen molar-refractivity contribution in [2.45, 2.75) is 38.0 Å². The number of benzene rings is 3. The van der Waals surface area contributed by atoms with E-state index < -0.39 is 10.0 Å². The molecule has 0 fully saturated rings. The van der Waals surface area contributed by atoms with E-state index >= 15 is 0 Å². The third kappa shape index (κ3) is 6.32. The highest BCUT2D eigenvalue weighted by Crippen LogP contribution is 2.24. The number of halogens is 1. The fourth-order valence-corrected chi connectivity index (χ4v) is 4.34. The summed E-state index contributed by atoms with van der Waals surface area (Å²) in [7, 11) is -3.77. The van der Waals surface area contributed by atoms with E-state index in [1.54, 1.807) is 37.3 Å². The first-order valence-corrected chi connectivity index (χ1v) is 11.9. The lowest BCUT2D eigenvalue weighted by molar-refractivity contribution is -0.116. The summed E-state index contributed by atoms with van der Waals surface area (Å²) >= 11 is 5.96. The fourth-order valence-electron chi connectivity index (χ4n) is 3.05. The number of hydrogen-bond donors (Lipinski definition) is 2. The Labute approximate surface area is 188 Å². The molecule has 0 spiro atoms. The Kier molecular flexibility index (Phi) is 7.36. The summed E-state index contributed by atoms with van der Waals surface area (Å²) in [6.45, 7) is 3.90. The molecule has 0 atom stereocenters. The number of aryl methyl sites for hydroxylation is 3. The molecular formula is C24H25ClN2O3S. The van der Waals surface area contributed by atoms with Gasteiger partial charge in [-0.3, -0.25) is 9.52 Å². The van der Waals surface area contributed by atoms with E-state index in [0.29, 0.717) is 29.2 Å². The van der Waals surface area contributed by atoms with Crippen LogP contribution in [0.5, 0.6) is 0 Å². The molecule has 0 saturated carbocycles. The van der Waals surface area contributed by atoms with Gasteiger partial charge in [-0.05, 0) is 72.9 Å². The zero-order valence-corrected chi connectivity index (χ0v) is 19.1. The monoisotopic (exact) mass is 456 g/mol. The molecule has 31 heavy (non-hydrogen) atoms. The van der Waals surface area contributed by atoms with Gasteiger partial charge in [0, 0.05) is 17.1 Å². The second kappa shape index (κ2) is 9.98. The van der Waals surface area contributed by atoms with E-state index in [9.17, 15) is 13.2 Å². The van der Waals surface area contributed by atoms with Crippen LogP contribution < -0.4 is 10.0 Å². The van der Waals surface area contributed by atoms with Gasteiger partial charge in [-0.1, -0.05) is 48.9 Å². The summed E-state index contributed by atoms with van der Waals surface area (Å²) in [4.78, 5) is 12.3. The summed E-state index contributed by atoms with van der Waals surface area (Å²) in [5.74, 6) is -0.122. The van der Waals surface area contributed by atoms with Crippen LogP contribution in [0.3, 0.4) is 0 Å². The van der Waals surface area contributed by atoms with Crippen molar-refractivity contribution in [2.75, 3.05) is 10.0 Å². The standard InChI is InChI=1S/C24H25ClN2O3S/c1-3-18-5-7-19(8-6-18)9-15-24(28)26-21-11-13-22(14-12-21)31(29,30)27-23-16-20(25)10-4-17(23)2/h4-8,10-14,16,27H,3,9,15H2,1-2H3,(H,26,28). The molecule has 7 heteroatoms. The van der Waals surface area contributed by atoms with Crippen LogP contribution in [0.25, 0.3) is 0 Å². The third-order valence-corrected chi connectivity index (χ3v) is 6.58. The fraction of sp³-hybridized carbons (Fsp3) is 0.208. The number of hydrogen-bond acceptors (Lipinski definition) is 3. The molecule has 0 aliphatic rings. The number of nitrogens with one attached hydrogen (secondary N) is 2. The lowest BCUT2D eigenvalue weighted by Gasteiger charge is -2.12. The zero-order chi connectivity index (χ0) is 22.4. The summed E-state index contributed by atoms with van der Waals surface area (Å²) in [5, 5.41) is 3.25. The van der Waals surface area contributed by atoms with Crippen molar-refractivity contribution < 1.29 is 13.2 Å². The van der Waals surface area contributed by atoms with E-state index in [0.717, 1.165) is 17.5 Å². The van der Waals surface area contributed by atoms with Crippen molar-refractivity contribution in [2.24, 2.45) is 0 Å². The van der Waals surface area contributed by atoms with Crippen LogP contribution in [0.4, 0.5) is 11.4 Å². The summed E-state index contributed by atoms with van der Waals surface area (Å²) in [6.07, 6.45) is 1.98. The van der Waals surface area contributed by atoms with Gasteiger partial charge in [-0.2, -0.15) is 0 Å². The minimum atomic E-state index is -3.77. The molecule has 0 saturated heterocycles. The average Bonchev–Trinajstić information content (AvgIpc) is 2.75. The number of carbonyl (C=O) groups is 1. The Morgan fingerprint density at radius 2 is 1.58 bits per heavy atom. The highest BCUT2D eigenvalue weighted by atomic mass is 35.5. The van der Waals surface area contributed by atoms with Crippen LogP contribution in [0.1, 0.15) is 30.0 Å². The molecule has 1 amide bonds. The SMILES string of the molecule is CCc1ccc(CCC(=O)Nc2ccc(S(=O)(=O)Nc3cc(Cl)ccc3C)cc2)cc1. The van der Waals surface area contributed by atoms with Crippen molar-refractivity contribution in [1.29, 1.82) is 0 Å². The molecule has 0 heterocycles. The molecule has 3 aromatic rings. The Balaban J connectivity index is 1.59. The molecule has 5 nitrogen and oxygen atoms in total. The van der Waals surface area contributed by atoms with Crippen LogP contribution in [0, 0.1) is 6.92 Å². The molecule has 0 aliphatic heterocycles. The Morgan fingerprint density at radius 3 is 2.23 bits per heavy atom. The Morgan fingerprint density at radius 1 is 0.935 bits per heavy atom. The lowest BCUT2D eigenvalue weighted by Crippen LogP contribution is -2.15. The predicted octanol–water partition coefficient (Wildman–Crippen LogP) is 5.58. The van der Waals surface area contributed by atoms with Crippen LogP contribution in [0.15, 0.2) is 71.6 Å². The first-order chi connectivity index (χ1) is 14.8. The van der Waals surface area contributed by atoms with Crippen LogP contribution in [0.2, 0.25) is 5.02 Å². The zero-order valence-electron chi connectivity index (χ0n) is 17.5. The smallest absolute Gasteiger partial charge is 0.261 e. The van der Waals surface area contributed by atoms with Gasteiger partial charge in [-0.25, -0.2) is 8.42 Å². The molecule has 3 rings (SSSR count). The molecule has 0 bridgehead atoms. The van der Waals surface area contributed by atoms with Crippen molar-refractivity contribution in [3.8, 4) is 0 Å². The molecular weight excluding hydrogens is 432 g/mol. The number of sulfonamides is 1. The molecule has 0 aromatic heterocycles. The van der Waals surface area contributed by atoms with Crippen LogP contribution >= 0.6 is 11.6 Å². The number of rotatable bonds is 8. The van der Waals surface area contributed by atoms with E-state index in [1.807, 2.05) is 12.1 Å². The van der Waals surface area contributed by atoms with Crippen LogP contribution in [-0.2, 0) is 27.7 Å². The van der Waals surface area contributed by atoms with Crippen molar-refractivity contribution in [3.63, 3.8) is 0 Å². The van der Waals surface area contributed by atoms with Gasteiger partial charge in [0.25, 0.3) is 10.0 Å². The number of anilines is 2. The highest BCUT2D eigenvalue weighted by Gasteiger charge is 2.16. The molecule has 0 unspecified atom stereocenters. The second-order valence-electron chi connectivity index (χ2n) is 7.31. The van der Waals surface area contributed by atoms with Gasteiger partial charge in [0.2, 0.25) is 5.91 Å². The van der Waals surface area contributed by atoms with Gasteiger partial charge < -0.3 is 5.32 Å². The first kappa shape index (κ1) is 22.8. The quantitative estimate of drug-likeness (QED) is 0.464. The van der Waals surface area contributed by atoms with Crippen molar-refractivity contribution in [1.82, 2.24) is 0 Å². The molecule has 162 valence electrons. The van der Waals surface area contributed by atoms with Gasteiger partial charge in [0.15, 0.2) is 0 Å². The normalized spacial score (nSPS) is 11.2. The summed E-state index contributed by atoms with van der Waals surface area (Å²) in [6, 6.07) is 19.3. The third-order valence-electron chi connectivity index (χ3n) is 4.96.